The second-order valence-electron chi connectivity index (χ2n) is 2.64. The average molecular weight is 151 g/mol. The third kappa shape index (κ3) is 2.42. The zero-order chi connectivity index (χ0) is 8.27. The number of aliphatic carboxylic acids is 1. The van der Waals surface area contributed by atoms with Gasteiger partial charge in [0.15, 0.2) is 0 Å². The fourth-order valence-corrected chi connectivity index (χ4v) is 0.895. The highest BCUT2D eigenvalue weighted by atomic mass is 16.4. The number of hydrogen-bond acceptors (Lipinski definition) is 2. The minimum Gasteiger partial charge on any atom is -0.481 e. The minimum absolute atomic E-state index is 0.0284. The lowest BCUT2D eigenvalue weighted by atomic mass is 10.1. The molecule has 1 aliphatic rings. The van der Waals surface area contributed by atoms with Crippen molar-refractivity contribution in [1.82, 2.24) is 0 Å². The summed E-state index contributed by atoms with van der Waals surface area (Å²) in [4.78, 5) is 10.1. The van der Waals surface area contributed by atoms with Crippen molar-refractivity contribution in [3.05, 3.63) is 11.6 Å². The van der Waals surface area contributed by atoms with Crippen LogP contribution in [-0.4, -0.2) is 11.1 Å². The fourth-order valence-electron chi connectivity index (χ4n) is 0.895. The van der Waals surface area contributed by atoms with E-state index >= 15 is 0 Å². The molecule has 0 aromatic rings. The molecule has 0 amide bonds. The van der Waals surface area contributed by atoms with E-state index in [1.165, 1.54) is 6.08 Å². The SMILES string of the molecule is N#CC(=CCC(=O)O)C1CC1. The zero-order valence-electron chi connectivity index (χ0n) is 6.08. The normalized spacial score (nSPS) is 17.5. The van der Waals surface area contributed by atoms with E-state index in [0.717, 1.165) is 12.8 Å². The van der Waals surface area contributed by atoms with Gasteiger partial charge in [0, 0.05) is 5.57 Å². The second-order valence-corrected chi connectivity index (χ2v) is 2.64. The summed E-state index contributed by atoms with van der Waals surface area (Å²) in [6, 6.07) is 2.02. The van der Waals surface area contributed by atoms with Gasteiger partial charge in [0.2, 0.25) is 0 Å². The van der Waals surface area contributed by atoms with Gasteiger partial charge in [-0.25, -0.2) is 0 Å². The standard InChI is InChI=1S/C8H9NO2/c9-5-7(6-1-2-6)3-4-8(10)11/h3,6H,1-2,4H2,(H,10,11). The summed E-state index contributed by atoms with van der Waals surface area (Å²) in [5.41, 5.74) is 0.646. The number of carboxylic acid groups (broad SMARTS) is 1. The number of allylic oxidation sites excluding steroid dienone is 1. The van der Waals surface area contributed by atoms with Crippen LogP contribution in [0.15, 0.2) is 11.6 Å². The highest BCUT2D eigenvalue weighted by Crippen LogP contribution is 2.36. The second kappa shape index (κ2) is 3.20. The number of nitriles is 1. The molecule has 0 aromatic heterocycles. The maximum atomic E-state index is 10.1. The van der Waals surface area contributed by atoms with Crippen LogP contribution in [0.5, 0.6) is 0 Å². The van der Waals surface area contributed by atoms with Crippen LogP contribution in [0.3, 0.4) is 0 Å². The van der Waals surface area contributed by atoms with Crippen LogP contribution >= 0.6 is 0 Å². The molecule has 58 valence electrons. The van der Waals surface area contributed by atoms with Gasteiger partial charge in [-0.15, -0.1) is 0 Å². The van der Waals surface area contributed by atoms with Gasteiger partial charge in [-0.05, 0) is 18.8 Å². The van der Waals surface area contributed by atoms with Crippen LogP contribution in [0.25, 0.3) is 0 Å². The van der Waals surface area contributed by atoms with Crippen LogP contribution in [0.4, 0.5) is 0 Å². The van der Waals surface area contributed by atoms with E-state index in [0.29, 0.717) is 11.5 Å². The largest absolute Gasteiger partial charge is 0.481 e. The van der Waals surface area contributed by atoms with Gasteiger partial charge in [-0.3, -0.25) is 4.79 Å². The van der Waals surface area contributed by atoms with E-state index < -0.39 is 5.97 Å². The maximum absolute atomic E-state index is 10.1. The molecule has 1 N–H and O–H groups in total. The Kier molecular flexibility index (Phi) is 2.27. The van der Waals surface area contributed by atoms with Gasteiger partial charge < -0.3 is 5.11 Å². The number of carbonyl (C=O) groups is 1. The van der Waals surface area contributed by atoms with E-state index in [1.54, 1.807) is 0 Å². The Hall–Kier alpha value is -1.30. The molecule has 1 saturated carbocycles. The summed E-state index contributed by atoms with van der Waals surface area (Å²) in [7, 11) is 0. The van der Waals surface area contributed by atoms with Crippen molar-refractivity contribution in [1.29, 1.82) is 5.26 Å². The first-order valence-corrected chi connectivity index (χ1v) is 3.56. The maximum Gasteiger partial charge on any atom is 0.307 e. The Balaban J connectivity index is 2.47. The first-order chi connectivity index (χ1) is 5.24. The quantitative estimate of drug-likeness (QED) is 0.619. The predicted molar refractivity (Wildman–Crippen MR) is 38.7 cm³/mol. The lowest BCUT2D eigenvalue weighted by Gasteiger charge is -1.90. The topological polar surface area (TPSA) is 61.1 Å². The van der Waals surface area contributed by atoms with Crippen LogP contribution in [-0.2, 0) is 4.79 Å². The van der Waals surface area contributed by atoms with E-state index in [9.17, 15) is 4.79 Å². The van der Waals surface area contributed by atoms with E-state index in [-0.39, 0.29) is 6.42 Å². The monoisotopic (exact) mass is 151 g/mol. The molecule has 3 heteroatoms. The van der Waals surface area contributed by atoms with Gasteiger partial charge in [-0.2, -0.15) is 5.26 Å². The molecule has 1 rings (SSSR count). The molecule has 0 aromatic carbocycles. The summed E-state index contributed by atoms with van der Waals surface area (Å²) < 4.78 is 0. The van der Waals surface area contributed by atoms with Crippen molar-refractivity contribution >= 4 is 5.97 Å². The molecule has 1 aliphatic carbocycles. The van der Waals surface area contributed by atoms with Gasteiger partial charge in [-0.1, -0.05) is 6.08 Å². The van der Waals surface area contributed by atoms with Crippen LogP contribution in [0, 0.1) is 17.2 Å². The lowest BCUT2D eigenvalue weighted by Crippen LogP contribution is -1.92. The summed E-state index contributed by atoms with van der Waals surface area (Å²) in [6.45, 7) is 0. The Morgan fingerprint density at radius 2 is 2.36 bits per heavy atom. The number of hydrogen-bond donors (Lipinski definition) is 1. The molecule has 11 heavy (non-hydrogen) atoms. The smallest absolute Gasteiger partial charge is 0.307 e. The molecule has 0 bridgehead atoms. The molecule has 0 aliphatic heterocycles. The van der Waals surface area contributed by atoms with Crippen molar-refractivity contribution in [3.63, 3.8) is 0 Å². The molecule has 1 fully saturated rings. The summed E-state index contributed by atoms with van der Waals surface area (Å²) in [5.74, 6) is -0.516. The summed E-state index contributed by atoms with van der Waals surface area (Å²) >= 11 is 0. The van der Waals surface area contributed by atoms with Crippen molar-refractivity contribution in [2.45, 2.75) is 19.3 Å². The average Bonchev–Trinajstić information content (AvgIpc) is 2.72. The molecule has 0 saturated heterocycles. The van der Waals surface area contributed by atoms with E-state index in [4.69, 9.17) is 10.4 Å². The first-order valence-electron chi connectivity index (χ1n) is 3.56. The van der Waals surface area contributed by atoms with Crippen LogP contribution in [0.2, 0.25) is 0 Å². The molecule has 0 atom stereocenters. The molecule has 0 unspecified atom stereocenters. The third-order valence-corrected chi connectivity index (χ3v) is 1.64. The predicted octanol–water partition coefficient (Wildman–Crippen LogP) is 1.32. The van der Waals surface area contributed by atoms with Crippen LogP contribution < -0.4 is 0 Å². The third-order valence-electron chi connectivity index (χ3n) is 1.64. The Labute approximate surface area is 64.9 Å². The first kappa shape index (κ1) is 7.80. The Bertz CT molecular complexity index is 233. The molecular weight excluding hydrogens is 142 g/mol. The van der Waals surface area contributed by atoms with Crippen molar-refractivity contribution < 1.29 is 9.90 Å². The zero-order valence-corrected chi connectivity index (χ0v) is 6.08. The minimum atomic E-state index is -0.876. The molecular formula is C8H9NO2. The number of carboxylic acids is 1. The fraction of sp³-hybridized carbons (Fsp3) is 0.500. The number of nitrogens with zero attached hydrogens (tertiary/aromatic N) is 1. The van der Waals surface area contributed by atoms with Gasteiger partial charge >= 0.3 is 5.97 Å². The molecule has 0 radical (unpaired) electrons. The van der Waals surface area contributed by atoms with Gasteiger partial charge in [0.25, 0.3) is 0 Å². The van der Waals surface area contributed by atoms with Gasteiger partial charge in [0.05, 0.1) is 12.5 Å². The molecule has 3 nitrogen and oxygen atoms in total. The molecule has 0 heterocycles. The van der Waals surface area contributed by atoms with E-state index in [2.05, 4.69) is 0 Å². The highest BCUT2D eigenvalue weighted by molar-refractivity contribution is 5.69. The van der Waals surface area contributed by atoms with Crippen molar-refractivity contribution in [2.75, 3.05) is 0 Å². The van der Waals surface area contributed by atoms with Gasteiger partial charge in [0.1, 0.15) is 0 Å². The Morgan fingerprint density at radius 3 is 2.73 bits per heavy atom. The summed E-state index contributed by atoms with van der Waals surface area (Å²) in [5, 5.41) is 16.8. The molecule has 0 spiro atoms. The van der Waals surface area contributed by atoms with Crippen molar-refractivity contribution in [3.8, 4) is 6.07 Å². The highest BCUT2D eigenvalue weighted by Gasteiger charge is 2.25. The van der Waals surface area contributed by atoms with E-state index in [1.807, 2.05) is 6.07 Å². The van der Waals surface area contributed by atoms with Crippen LogP contribution in [0.1, 0.15) is 19.3 Å². The van der Waals surface area contributed by atoms with Crippen molar-refractivity contribution in [2.24, 2.45) is 5.92 Å². The Morgan fingerprint density at radius 1 is 1.73 bits per heavy atom. The number of rotatable bonds is 3. The lowest BCUT2D eigenvalue weighted by molar-refractivity contribution is -0.136. The summed E-state index contributed by atoms with van der Waals surface area (Å²) in [6.07, 6.45) is 3.57.